The van der Waals surface area contributed by atoms with Gasteiger partial charge in [-0.3, -0.25) is 19.4 Å². The largest absolute Gasteiger partial charge is 0.334 e. The summed E-state index contributed by atoms with van der Waals surface area (Å²) in [5, 5.41) is 2.47. The van der Waals surface area contributed by atoms with Crippen LogP contribution in [0, 0.1) is 5.82 Å². The van der Waals surface area contributed by atoms with Gasteiger partial charge in [0, 0.05) is 7.05 Å². The van der Waals surface area contributed by atoms with E-state index in [1.165, 1.54) is 24.4 Å². The summed E-state index contributed by atoms with van der Waals surface area (Å²) < 4.78 is 14.6. The van der Waals surface area contributed by atoms with E-state index in [1.54, 1.807) is 11.6 Å². The predicted molar refractivity (Wildman–Crippen MR) is 88.4 cm³/mol. The molecule has 3 rings (SSSR count). The van der Waals surface area contributed by atoms with Gasteiger partial charge >= 0.3 is 6.03 Å². The molecule has 1 aromatic carbocycles. The highest BCUT2D eigenvalue weighted by atomic mass is 35.5. The minimum Gasteiger partial charge on any atom is -0.323 e. The van der Waals surface area contributed by atoms with Crippen molar-refractivity contribution in [1.29, 1.82) is 0 Å². The lowest BCUT2D eigenvalue weighted by atomic mass is 10.1. The number of benzene rings is 1. The van der Waals surface area contributed by atoms with Crippen LogP contribution in [0.2, 0.25) is 5.02 Å². The maximum atomic E-state index is 13.0. The number of hydrogen-bond donors (Lipinski definition) is 1. The smallest absolute Gasteiger partial charge is 0.323 e. The van der Waals surface area contributed by atoms with Crippen molar-refractivity contribution in [2.75, 3.05) is 26.0 Å². The number of carbonyl (C=O) groups excluding carboxylic acids is 3. The zero-order valence-corrected chi connectivity index (χ0v) is 14.1. The summed E-state index contributed by atoms with van der Waals surface area (Å²) in [5.74, 6) is -1.40. The molecule has 2 aliphatic heterocycles. The lowest BCUT2D eigenvalue weighted by Crippen LogP contribution is -2.63. The van der Waals surface area contributed by atoms with E-state index < -0.39 is 36.2 Å². The number of nitrogens with one attached hydrogen (secondary N) is 1. The number of aliphatic imine (C=N–C) groups is 1. The van der Waals surface area contributed by atoms with E-state index in [-0.39, 0.29) is 10.7 Å². The fraction of sp³-hybridized carbons (Fsp3) is 0.267. The van der Waals surface area contributed by atoms with Gasteiger partial charge in [-0.2, -0.15) is 0 Å². The Morgan fingerprint density at radius 2 is 2.16 bits per heavy atom. The Balaban J connectivity index is 1.76. The van der Waals surface area contributed by atoms with Crippen LogP contribution in [-0.2, 0) is 9.59 Å². The Morgan fingerprint density at radius 1 is 1.44 bits per heavy atom. The van der Waals surface area contributed by atoms with Crippen molar-refractivity contribution in [3.8, 4) is 0 Å². The third-order valence-corrected chi connectivity index (χ3v) is 4.21. The highest BCUT2D eigenvalue weighted by Crippen LogP contribution is 2.23. The summed E-state index contributed by atoms with van der Waals surface area (Å²) in [6.45, 7) is -0.493. The molecular weight excluding hydrogens is 353 g/mol. The zero-order chi connectivity index (χ0) is 18.3. The second-order valence-electron chi connectivity index (χ2n) is 5.61. The normalized spacial score (nSPS) is 19.6. The molecule has 0 aromatic heterocycles. The Labute approximate surface area is 147 Å². The maximum absolute atomic E-state index is 13.0. The molecule has 2 heterocycles. The molecule has 10 heteroatoms. The van der Waals surface area contributed by atoms with E-state index in [0.717, 1.165) is 17.0 Å². The maximum Gasteiger partial charge on any atom is 0.334 e. The Kier molecular flexibility index (Phi) is 4.25. The standard InChI is InChI=1S/C15H13ClFN5O3/c1-20-7-18-13-12(20)14(24)22(15(25)21(13)2)6-11(23)19-10-4-3-8(17)5-9(10)16/h3-5,7,12H,6H2,1-2H3/p+1. The monoisotopic (exact) mass is 366 g/mol. The molecule has 0 aliphatic carbocycles. The lowest BCUT2D eigenvalue weighted by Gasteiger charge is -2.32. The van der Waals surface area contributed by atoms with Gasteiger partial charge < -0.3 is 5.32 Å². The Hall–Kier alpha value is -2.81. The van der Waals surface area contributed by atoms with Crippen molar-refractivity contribution < 1.29 is 23.3 Å². The van der Waals surface area contributed by atoms with Gasteiger partial charge in [-0.1, -0.05) is 11.6 Å². The third-order valence-electron chi connectivity index (χ3n) is 3.89. The summed E-state index contributed by atoms with van der Waals surface area (Å²) in [6, 6.07) is 2.09. The summed E-state index contributed by atoms with van der Waals surface area (Å²) >= 11 is 5.85. The summed E-state index contributed by atoms with van der Waals surface area (Å²) in [4.78, 5) is 43.2. The molecule has 2 aliphatic rings. The van der Waals surface area contributed by atoms with Crippen LogP contribution in [0.4, 0.5) is 14.9 Å². The number of carbonyl (C=O) groups is 3. The number of hydrogen-bond acceptors (Lipinski definition) is 4. The number of anilines is 1. The molecule has 0 bridgehead atoms. The van der Waals surface area contributed by atoms with Gasteiger partial charge in [0.1, 0.15) is 12.4 Å². The van der Waals surface area contributed by atoms with Crippen LogP contribution in [0.3, 0.4) is 0 Å². The molecule has 1 saturated heterocycles. The van der Waals surface area contributed by atoms with E-state index in [4.69, 9.17) is 11.6 Å². The zero-order valence-electron chi connectivity index (χ0n) is 13.4. The molecule has 130 valence electrons. The van der Waals surface area contributed by atoms with E-state index in [1.807, 2.05) is 0 Å². The van der Waals surface area contributed by atoms with Crippen LogP contribution in [-0.4, -0.2) is 71.1 Å². The van der Waals surface area contributed by atoms with Gasteiger partial charge in [-0.05, 0) is 23.2 Å². The van der Waals surface area contributed by atoms with Crippen molar-refractivity contribution in [2.45, 2.75) is 6.04 Å². The van der Waals surface area contributed by atoms with Crippen LogP contribution < -0.4 is 5.32 Å². The van der Waals surface area contributed by atoms with Gasteiger partial charge in [0.05, 0.1) is 17.8 Å². The minimum absolute atomic E-state index is 0.0151. The average Bonchev–Trinajstić information content (AvgIpc) is 2.94. The molecule has 0 radical (unpaired) electrons. The van der Waals surface area contributed by atoms with Gasteiger partial charge in [0.2, 0.25) is 5.91 Å². The minimum atomic E-state index is -0.745. The van der Waals surface area contributed by atoms with E-state index in [0.29, 0.717) is 5.84 Å². The second kappa shape index (κ2) is 6.25. The van der Waals surface area contributed by atoms with Crippen molar-refractivity contribution in [2.24, 2.45) is 4.99 Å². The first-order valence-corrected chi connectivity index (χ1v) is 7.64. The predicted octanol–water partition coefficient (Wildman–Crippen LogP) is 0.763. The van der Waals surface area contributed by atoms with E-state index >= 15 is 0 Å². The van der Waals surface area contributed by atoms with Crippen molar-refractivity contribution >= 4 is 47.3 Å². The number of urea groups is 1. The van der Waals surface area contributed by atoms with Crippen LogP contribution in [0.1, 0.15) is 0 Å². The quantitative estimate of drug-likeness (QED) is 0.801. The SMILES string of the molecule is CN1C(=O)N(CC(=O)Nc2ccc(F)cc2Cl)C(=O)C2C1=NC=[N+]2C. The number of amides is 4. The molecule has 8 nitrogen and oxygen atoms in total. The molecule has 0 spiro atoms. The van der Waals surface area contributed by atoms with E-state index in [2.05, 4.69) is 10.3 Å². The van der Waals surface area contributed by atoms with Gasteiger partial charge in [0.15, 0.2) is 0 Å². The van der Waals surface area contributed by atoms with Crippen molar-refractivity contribution in [3.63, 3.8) is 0 Å². The van der Waals surface area contributed by atoms with Gasteiger partial charge in [-0.25, -0.2) is 13.8 Å². The van der Waals surface area contributed by atoms with Crippen LogP contribution in [0.15, 0.2) is 23.2 Å². The molecule has 1 unspecified atom stereocenters. The molecule has 4 amide bonds. The van der Waals surface area contributed by atoms with E-state index in [9.17, 15) is 18.8 Å². The molecule has 1 fully saturated rings. The molecule has 0 saturated carbocycles. The van der Waals surface area contributed by atoms with Crippen molar-refractivity contribution in [1.82, 2.24) is 9.80 Å². The fourth-order valence-electron chi connectivity index (χ4n) is 2.61. The molecule has 1 aromatic rings. The number of imide groups is 1. The lowest BCUT2D eigenvalue weighted by molar-refractivity contribution is -0.500. The summed E-state index contributed by atoms with van der Waals surface area (Å²) in [6.07, 6.45) is 1.45. The molecule has 1 atom stereocenters. The first kappa shape index (κ1) is 17.0. The number of amidine groups is 1. The number of likely N-dealkylation sites (N-methyl/N-ethyl adjacent to an activating group) is 2. The first-order chi connectivity index (χ1) is 11.8. The molecule has 1 N–H and O–H groups in total. The van der Waals surface area contributed by atoms with Crippen molar-refractivity contribution in [3.05, 3.63) is 29.0 Å². The summed E-state index contributed by atoms with van der Waals surface area (Å²) in [5.41, 5.74) is 0.187. The highest BCUT2D eigenvalue weighted by molar-refractivity contribution is 6.33. The summed E-state index contributed by atoms with van der Waals surface area (Å²) in [7, 11) is 3.13. The molecule has 25 heavy (non-hydrogen) atoms. The first-order valence-electron chi connectivity index (χ1n) is 7.26. The van der Waals surface area contributed by atoms with Crippen LogP contribution in [0.5, 0.6) is 0 Å². The number of rotatable bonds is 3. The highest BCUT2D eigenvalue weighted by Gasteiger charge is 2.51. The Bertz CT molecular complexity index is 854. The number of nitrogens with zero attached hydrogens (tertiary/aromatic N) is 4. The van der Waals surface area contributed by atoms with Crippen LogP contribution in [0.25, 0.3) is 0 Å². The Morgan fingerprint density at radius 3 is 2.84 bits per heavy atom. The van der Waals surface area contributed by atoms with Gasteiger partial charge in [0.25, 0.3) is 24.1 Å². The van der Waals surface area contributed by atoms with Gasteiger partial charge in [-0.15, -0.1) is 0 Å². The number of fused-ring (bicyclic) bond motifs is 1. The third kappa shape index (κ3) is 2.98. The number of halogens is 2. The van der Waals surface area contributed by atoms with Crippen LogP contribution >= 0.6 is 11.6 Å². The average molecular weight is 367 g/mol. The fourth-order valence-corrected chi connectivity index (χ4v) is 2.83. The second-order valence-corrected chi connectivity index (χ2v) is 6.02. The topological polar surface area (TPSA) is 85.1 Å². The molecular formula is C15H14ClFN5O3+.